The van der Waals surface area contributed by atoms with Crippen LogP contribution in [0, 0.1) is 6.92 Å². The van der Waals surface area contributed by atoms with E-state index < -0.39 is 0 Å². The molecule has 2 aromatic carbocycles. The van der Waals surface area contributed by atoms with Gasteiger partial charge in [0, 0.05) is 42.1 Å². The lowest BCUT2D eigenvalue weighted by molar-refractivity contribution is -0.114. The molecule has 2 N–H and O–H groups in total. The molecule has 1 aliphatic rings. The summed E-state index contributed by atoms with van der Waals surface area (Å²) in [6.07, 6.45) is 3.89. The maximum Gasteiger partial charge on any atom is 0.221 e. The molecule has 0 spiro atoms. The van der Waals surface area contributed by atoms with Crippen LogP contribution in [0.25, 0.3) is 5.69 Å². The fourth-order valence-corrected chi connectivity index (χ4v) is 4.84. The first kappa shape index (κ1) is 21.9. The number of aromatic nitrogens is 2. The van der Waals surface area contributed by atoms with E-state index in [9.17, 15) is 4.79 Å². The van der Waals surface area contributed by atoms with Gasteiger partial charge in [0.1, 0.15) is 6.04 Å². The van der Waals surface area contributed by atoms with E-state index in [1.807, 2.05) is 48.7 Å². The average Bonchev–Trinajstić information content (AvgIpc) is 3.44. The largest absolute Gasteiger partial charge is 0.351 e. The third-order valence-electron chi connectivity index (χ3n) is 5.93. The monoisotopic (exact) mass is 467 g/mol. The Kier molecular flexibility index (Phi) is 5.86. The minimum absolute atomic E-state index is 0.102. The second kappa shape index (κ2) is 9.11. The molecule has 7 heteroatoms. The van der Waals surface area contributed by atoms with Gasteiger partial charge in [0.15, 0.2) is 5.11 Å². The van der Waals surface area contributed by atoms with E-state index in [2.05, 4.69) is 74.6 Å². The van der Waals surface area contributed by atoms with Gasteiger partial charge in [-0.05, 0) is 85.4 Å². The van der Waals surface area contributed by atoms with Crippen molar-refractivity contribution in [2.45, 2.75) is 25.9 Å². The Morgan fingerprint density at radius 1 is 1.00 bits per heavy atom. The topological polar surface area (TPSA) is 62.2 Å². The number of thiocarbonyl (C=S) groups is 1. The highest BCUT2D eigenvalue weighted by molar-refractivity contribution is 7.80. The number of amides is 1. The van der Waals surface area contributed by atoms with Crippen molar-refractivity contribution < 1.29 is 4.79 Å². The lowest BCUT2D eigenvalue weighted by Crippen LogP contribution is -2.30. The van der Waals surface area contributed by atoms with Crippen molar-refractivity contribution in [2.24, 2.45) is 0 Å². The van der Waals surface area contributed by atoms with Gasteiger partial charge in [-0.2, -0.15) is 0 Å². The Morgan fingerprint density at radius 2 is 1.82 bits per heavy atom. The number of nitrogens with one attached hydrogen (secondary N) is 2. The van der Waals surface area contributed by atoms with Crippen molar-refractivity contribution in [3.05, 3.63) is 108 Å². The fourth-order valence-electron chi connectivity index (χ4n) is 4.49. The number of nitrogens with zero attached hydrogens (tertiary/aromatic N) is 3. The molecule has 0 saturated carbocycles. The molecule has 0 unspecified atom stereocenters. The van der Waals surface area contributed by atoms with E-state index in [0.29, 0.717) is 5.11 Å². The fraction of sp³-hybridized carbons (Fsp3) is 0.148. The van der Waals surface area contributed by atoms with E-state index in [4.69, 9.17) is 12.2 Å². The molecule has 1 amide bonds. The van der Waals surface area contributed by atoms with Gasteiger partial charge in [-0.15, -0.1) is 0 Å². The average molecular weight is 468 g/mol. The molecule has 1 aliphatic heterocycles. The van der Waals surface area contributed by atoms with Crippen molar-refractivity contribution in [3.8, 4) is 5.69 Å². The van der Waals surface area contributed by atoms with Crippen molar-refractivity contribution >= 4 is 34.6 Å². The highest BCUT2D eigenvalue weighted by Gasteiger charge is 2.42. The second-order valence-electron chi connectivity index (χ2n) is 8.37. The number of hydrogen-bond donors (Lipinski definition) is 2. The van der Waals surface area contributed by atoms with Crippen molar-refractivity contribution in [3.63, 3.8) is 0 Å². The Balaban J connectivity index is 1.62. The number of carbonyl (C=O) groups excluding carboxylic acids is 1. The van der Waals surface area contributed by atoms with Crippen LogP contribution in [0.15, 0.2) is 91.3 Å². The number of carbonyl (C=O) groups is 1. The SMILES string of the molecule is CC(=O)Nc1ccc(N2C(=S)N[C@@H](c3ccccn3)[C@H]2c2cccn2-c2cccc(C)c2)cc1. The van der Waals surface area contributed by atoms with Crippen molar-refractivity contribution in [2.75, 3.05) is 10.2 Å². The molecule has 0 bridgehead atoms. The predicted molar refractivity (Wildman–Crippen MR) is 139 cm³/mol. The van der Waals surface area contributed by atoms with Crippen LogP contribution in [0.5, 0.6) is 0 Å². The lowest BCUT2D eigenvalue weighted by Gasteiger charge is -2.29. The quantitative estimate of drug-likeness (QED) is 0.389. The predicted octanol–water partition coefficient (Wildman–Crippen LogP) is 5.32. The van der Waals surface area contributed by atoms with E-state index in [-0.39, 0.29) is 18.0 Å². The third kappa shape index (κ3) is 4.18. The van der Waals surface area contributed by atoms with E-state index in [1.165, 1.54) is 12.5 Å². The summed E-state index contributed by atoms with van der Waals surface area (Å²) in [5.41, 5.74) is 5.99. The Hall–Kier alpha value is -3.97. The zero-order chi connectivity index (χ0) is 23.7. The zero-order valence-electron chi connectivity index (χ0n) is 19.0. The third-order valence-corrected chi connectivity index (χ3v) is 6.24. The van der Waals surface area contributed by atoms with E-state index >= 15 is 0 Å². The van der Waals surface area contributed by atoms with Crippen LogP contribution in [-0.4, -0.2) is 20.6 Å². The summed E-state index contributed by atoms with van der Waals surface area (Å²) in [7, 11) is 0. The molecule has 1 fully saturated rings. The van der Waals surface area contributed by atoms with E-state index in [1.54, 1.807) is 0 Å². The first-order valence-electron chi connectivity index (χ1n) is 11.1. The normalized spacial score (nSPS) is 17.5. The number of pyridine rings is 1. The number of aryl methyl sites for hydroxylation is 1. The lowest BCUT2D eigenvalue weighted by atomic mass is 10.0. The van der Waals surface area contributed by atoms with Gasteiger partial charge in [-0.1, -0.05) is 18.2 Å². The summed E-state index contributed by atoms with van der Waals surface area (Å²) in [4.78, 5) is 18.2. The molecular weight excluding hydrogens is 442 g/mol. The highest BCUT2D eigenvalue weighted by Crippen LogP contribution is 2.42. The molecule has 5 rings (SSSR count). The van der Waals surface area contributed by atoms with Crippen LogP contribution in [0.1, 0.15) is 36.0 Å². The van der Waals surface area contributed by atoms with Gasteiger partial charge in [-0.25, -0.2) is 0 Å². The van der Waals surface area contributed by atoms with Gasteiger partial charge in [0.2, 0.25) is 5.91 Å². The molecule has 4 aromatic rings. The Labute approximate surface area is 204 Å². The molecule has 2 aromatic heterocycles. The number of anilines is 2. The van der Waals surface area contributed by atoms with Crippen LogP contribution in [0.2, 0.25) is 0 Å². The molecule has 2 atom stereocenters. The first-order valence-corrected chi connectivity index (χ1v) is 11.5. The van der Waals surface area contributed by atoms with Gasteiger partial charge in [-0.3, -0.25) is 9.78 Å². The van der Waals surface area contributed by atoms with Crippen LogP contribution >= 0.6 is 12.2 Å². The summed E-state index contributed by atoms with van der Waals surface area (Å²) < 4.78 is 2.21. The molecular formula is C27H25N5OS. The van der Waals surface area contributed by atoms with Gasteiger partial charge in [0.25, 0.3) is 0 Å². The summed E-state index contributed by atoms with van der Waals surface area (Å²) in [6.45, 7) is 3.60. The molecule has 34 heavy (non-hydrogen) atoms. The van der Waals surface area contributed by atoms with Crippen molar-refractivity contribution in [1.29, 1.82) is 0 Å². The Bertz CT molecular complexity index is 1330. The number of rotatable bonds is 5. The molecule has 6 nitrogen and oxygen atoms in total. The second-order valence-corrected chi connectivity index (χ2v) is 8.75. The Morgan fingerprint density at radius 3 is 2.53 bits per heavy atom. The number of benzene rings is 2. The molecule has 3 heterocycles. The summed E-state index contributed by atoms with van der Waals surface area (Å²) in [6, 6.07) is 26.1. The summed E-state index contributed by atoms with van der Waals surface area (Å²) in [5, 5.41) is 6.96. The van der Waals surface area contributed by atoms with Gasteiger partial charge in [0.05, 0.1) is 11.7 Å². The molecule has 0 radical (unpaired) electrons. The van der Waals surface area contributed by atoms with Crippen LogP contribution in [0.4, 0.5) is 11.4 Å². The maximum absolute atomic E-state index is 11.4. The molecule has 170 valence electrons. The summed E-state index contributed by atoms with van der Waals surface area (Å²) >= 11 is 5.84. The van der Waals surface area contributed by atoms with Crippen LogP contribution in [0.3, 0.4) is 0 Å². The summed E-state index contributed by atoms with van der Waals surface area (Å²) in [5.74, 6) is -0.102. The highest BCUT2D eigenvalue weighted by atomic mass is 32.1. The number of hydrogen-bond acceptors (Lipinski definition) is 3. The zero-order valence-corrected chi connectivity index (χ0v) is 19.8. The van der Waals surface area contributed by atoms with Gasteiger partial charge >= 0.3 is 0 Å². The molecule has 1 saturated heterocycles. The minimum Gasteiger partial charge on any atom is -0.351 e. The molecule has 0 aliphatic carbocycles. The standard InChI is InChI=1S/C27H25N5OS/c1-18-7-5-8-22(17-18)31-16-6-10-24(31)26-25(23-9-3-4-15-28-23)30-27(34)32(26)21-13-11-20(12-14-21)29-19(2)33/h3-17,25-26H,1-2H3,(H,29,33)(H,30,34)/t25-,26+/m0/s1. The van der Waals surface area contributed by atoms with Gasteiger partial charge < -0.3 is 20.1 Å². The maximum atomic E-state index is 11.4. The van der Waals surface area contributed by atoms with Crippen molar-refractivity contribution in [1.82, 2.24) is 14.9 Å². The van der Waals surface area contributed by atoms with Crippen LogP contribution < -0.4 is 15.5 Å². The van der Waals surface area contributed by atoms with Crippen LogP contribution in [-0.2, 0) is 4.79 Å². The first-order chi connectivity index (χ1) is 16.5. The van der Waals surface area contributed by atoms with E-state index in [0.717, 1.165) is 28.5 Å². The minimum atomic E-state index is -0.137. The smallest absolute Gasteiger partial charge is 0.221 e.